The Labute approximate surface area is 133 Å². The first kappa shape index (κ1) is 15.0. The van der Waals surface area contributed by atoms with Crippen LogP contribution in [-0.4, -0.2) is 22.0 Å². The average molecular weight is 307 g/mol. The number of fused-ring (bicyclic) bond motifs is 1. The molecule has 0 aliphatic heterocycles. The van der Waals surface area contributed by atoms with Gasteiger partial charge < -0.3 is 4.90 Å². The van der Waals surface area contributed by atoms with Gasteiger partial charge in [-0.05, 0) is 31.2 Å². The fourth-order valence-electron chi connectivity index (χ4n) is 2.56. The fourth-order valence-corrected chi connectivity index (χ4v) is 2.56. The first-order valence-electron chi connectivity index (χ1n) is 7.50. The van der Waals surface area contributed by atoms with E-state index >= 15 is 0 Å². The molecule has 5 nitrogen and oxygen atoms in total. The van der Waals surface area contributed by atoms with E-state index in [1.54, 1.807) is 23.1 Å². The molecular formula is C18H17N3O2. The zero-order valence-corrected chi connectivity index (χ0v) is 12.8. The van der Waals surface area contributed by atoms with E-state index in [9.17, 15) is 9.59 Å². The van der Waals surface area contributed by atoms with Crippen molar-refractivity contribution in [3.05, 3.63) is 71.3 Å². The van der Waals surface area contributed by atoms with Gasteiger partial charge in [0.15, 0.2) is 0 Å². The number of carbonyl (C=O) groups excluding carboxylic acids is 1. The first-order valence-corrected chi connectivity index (χ1v) is 7.50. The highest BCUT2D eigenvalue weighted by atomic mass is 16.2. The van der Waals surface area contributed by atoms with E-state index in [0.717, 1.165) is 5.69 Å². The number of hydrogen-bond donors (Lipinski definition) is 0. The van der Waals surface area contributed by atoms with Crippen molar-refractivity contribution in [2.24, 2.45) is 0 Å². The van der Waals surface area contributed by atoms with Gasteiger partial charge in [-0.2, -0.15) is 0 Å². The summed E-state index contributed by atoms with van der Waals surface area (Å²) >= 11 is 0. The van der Waals surface area contributed by atoms with E-state index in [2.05, 4.69) is 4.98 Å². The zero-order valence-electron chi connectivity index (χ0n) is 12.8. The Morgan fingerprint density at radius 1 is 1.09 bits per heavy atom. The second kappa shape index (κ2) is 6.44. The summed E-state index contributed by atoms with van der Waals surface area (Å²) in [6.45, 7) is 2.42. The van der Waals surface area contributed by atoms with Crippen LogP contribution in [0.5, 0.6) is 0 Å². The monoisotopic (exact) mass is 307 g/mol. The summed E-state index contributed by atoms with van der Waals surface area (Å²) in [6.07, 6.45) is 1.43. The van der Waals surface area contributed by atoms with Gasteiger partial charge in [0.25, 0.3) is 5.56 Å². The molecule has 3 rings (SSSR count). The molecule has 1 amide bonds. The van der Waals surface area contributed by atoms with E-state index < -0.39 is 0 Å². The predicted octanol–water partition coefficient (Wildman–Crippen LogP) is 2.45. The Bertz CT molecular complexity index is 887. The molecule has 1 aromatic heterocycles. The van der Waals surface area contributed by atoms with Crippen LogP contribution in [0.2, 0.25) is 0 Å². The molecule has 0 aliphatic carbocycles. The topological polar surface area (TPSA) is 55.2 Å². The van der Waals surface area contributed by atoms with Crippen LogP contribution in [0.1, 0.15) is 6.92 Å². The Kier molecular flexibility index (Phi) is 4.19. The zero-order chi connectivity index (χ0) is 16.2. The molecule has 0 N–H and O–H groups in total. The van der Waals surface area contributed by atoms with Crippen molar-refractivity contribution in [3.63, 3.8) is 0 Å². The number of rotatable bonds is 4. The van der Waals surface area contributed by atoms with Gasteiger partial charge in [0.1, 0.15) is 6.54 Å². The van der Waals surface area contributed by atoms with Crippen LogP contribution in [0.3, 0.4) is 0 Å². The average Bonchev–Trinajstić information content (AvgIpc) is 2.59. The van der Waals surface area contributed by atoms with Crippen LogP contribution >= 0.6 is 0 Å². The van der Waals surface area contributed by atoms with Crippen molar-refractivity contribution in [2.45, 2.75) is 13.5 Å². The molecule has 0 radical (unpaired) electrons. The van der Waals surface area contributed by atoms with Gasteiger partial charge in [0, 0.05) is 12.2 Å². The number of amides is 1. The quantitative estimate of drug-likeness (QED) is 0.744. The third-order valence-corrected chi connectivity index (χ3v) is 3.72. The molecule has 0 unspecified atom stereocenters. The number of likely N-dealkylation sites (N-methyl/N-ethyl adjacent to an activating group) is 1. The van der Waals surface area contributed by atoms with E-state index in [0.29, 0.717) is 17.4 Å². The lowest BCUT2D eigenvalue weighted by Gasteiger charge is -2.21. The molecule has 2 aromatic carbocycles. The maximum Gasteiger partial charge on any atom is 0.261 e. The lowest BCUT2D eigenvalue weighted by atomic mass is 10.2. The molecule has 116 valence electrons. The fraction of sp³-hybridized carbons (Fsp3) is 0.167. The lowest BCUT2D eigenvalue weighted by molar-refractivity contribution is -0.119. The maximum atomic E-state index is 12.6. The predicted molar refractivity (Wildman–Crippen MR) is 90.5 cm³/mol. The number of aromatic nitrogens is 2. The Balaban J connectivity index is 1.91. The van der Waals surface area contributed by atoms with Crippen molar-refractivity contribution in [3.8, 4) is 0 Å². The summed E-state index contributed by atoms with van der Waals surface area (Å²) in [7, 11) is 0. The molecule has 3 aromatic rings. The minimum absolute atomic E-state index is 0.0284. The summed E-state index contributed by atoms with van der Waals surface area (Å²) < 4.78 is 1.36. The molecule has 0 spiro atoms. The second-order valence-electron chi connectivity index (χ2n) is 5.17. The minimum Gasteiger partial charge on any atom is -0.311 e. The van der Waals surface area contributed by atoms with Crippen molar-refractivity contribution >= 4 is 22.5 Å². The van der Waals surface area contributed by atoms with E-state index in [-0.39, 0.29) is 18.0 Å². The van der Waals surface area contributed by atoms with Crippen LogP contribution < -0.4 is 10.5 Å². The molecule has 0 bridgehead atoms. The number of carbonyl (C=O) groups is 1. The van der Waals surface area contributed by atoms with Gasteiger partial charge in [-0.25, -0.2) is 4.98 Å². The van der Waals surface area contributed by atoms with Crippen LogP contribution in [0.15, 0.2) is 65.7 Å². The summed E-state index contributed by atoms with van der Waals surface area (Å²) in [4.78, 5) is 30.9. The summed E-state index contributed by atoms with van der Waals surface area (Å²) in [5.74, 6) is -0.141. The molecule has 0 saturated carbocycles. The van der Waals surface area contributed by atoms with Gasteiger partial charge in [0.2, 0.25) is 5.91 Å². The van der Waals surface area contributed by atoms with Crippen LogP contribution in [0.25, 0.3) is 10.9 Å². The highest BCUT2D eigenvalue weighted by Crippen LogP contribution is 2.13. The molecule has 0 saturated heterocycles. The SMILES string of the molecule is CCN(C(=O)Cn1cnc2ccccc2c1=O)c1ccccc1. The van der Waals surface area contributed by atoms with Crippen molar-refractivity contribution in [2.75, 3.05) is 11.4 Å². The van der Waals surface area contributed by atoms with Gasteiger partial charge in [-0.1, -0.05) is 30.3 Å². The first-order chi connectivity index (χ1) is 11.2. The second-order valence-corrected chi connectivity index (χ2v) is 5.17. The number of nitrogens with zero attached hydrogens (tertiary/aromatic N) is 3. The van der Waals surface area contributed by atoms with Crippen LogP contribution in [0, 0.1) is 0 Å². The smallest absolute Gasteiger partial charge is 0.261 e. The van der Waals surface area contributed by atoms with Gasteiger partial charge in [-0.15, -0.1) is 0 Å². The number of anilines is 1. The van der Waals surface area contributed by atoms with Crippen molar-refractivity contribution in [1.29, 1.82) is 0 Å². The maximum absolute atomic E-state index is 12.6. The standard InChI is InChI=1S/C18H17N3O2/c1-2-21(14-8-4-3-5-9-14)17(22)12-20-13-19-16-11-7-6-10-15(16)18(20)23/h3-11,13H,2,12H2,1H3. The van der Waals surface area contributed by atoms with E-state index in [4.69, 9.17) is 0 Å². The molecule has 0 aliphatic rings. The molecule has 23 heavy (non-hydrogen) atoms. The van der Waals surface area contributed by atoms with Crippen LogP contribution in [-0.2, 0) is 11.3 Å². The van der Waals surface area contributed by atoms with E-state index in [1.165, 1.54) is 10.9 Å². The largest absolute Gasteiger partial charge is 0.311 e. The molecular weight excluding hydrogens is 290 g/mol. The van der Waals surface area contributed by atoms with Gasteiger partial charge >= 0.3 is 0 Å². The highest BCUT2D eigenvalue weighted by Gasteiger charge is 2.15. The lowest BCUT2D eigenvalue weighted by Crippen LogP contribution is -2.36. The summed E-state index contributed by atoms with van der Waals surface area (Å²) in [6, 6.07) is 16.6. The third kappa shape index (κ3) is 2.99. The number of benzene rings is 2. The normalized spacial score (nSPS) is 10.7. The van der Waals surface area contributed by atoms with Crippen LogP contribution in [0.4, 0.5) is 5.69 Å². The Hall–Kier alpha value is -2.95. The summed E-state index contributed by atoms with van der Waals surface area (Å²) in [5, 5.41) is 0.519. The molecule has 0 fully saturated rings. The third-order valence-electron chi connectivity index (χ3n) is 3.72. The Morgan fingerprint density at radius 3 is 2.52 bits per heavy atom. The Morgan fingerprint density at radius 2 is 1.78 bits per heavy atom. The van der Waals surface area contributed by atoms with Crippen molar-refractivity contribution < 1.29 is 4.79 Å². The molecule has 1 heterocycles. The van der Waals surface area contributed by atoms with Gasteiger partial charge in [0.05, 0.1) is 17.2 Å². The molecule has 5 heteroatoms. The summed E-state index contributed by atoms with van der Waals surface area (Å²) in [5.41, 5.74) is 1.26. The van der Waals surface area contributed by atoms with E-state index in [1.807, 2.05) is 43.3 Å². The van der Waals surface area contributed by atoms with Crippen molar-refractivity contribution in [1.82, 2.24) is 9.55 Å². The number of para-hydroxylation sites is 2. The molecule has 0 atom stereocenters. The van der Waals surface area contributed by atoms with Gasteiger partial charge in [-0.3, -0.25) is 14.2 Å². The highest BCUT2D eigenvalue weighted by molar-refractivity contribution is 5.93. The number of hydrogen-bond acceptors (Lipinski definition) is 3. The minimum atomic E-state index is -0.201.